The van der Waals surface area contributed by atoms with Crippen molar-refractivity contribution in [3.8, 4) is 0 Å². The van der Waals surface area contributed by atoms with Crippen LogP contribution in [0.15, 0.2) is 61.7 Å². The molecular weight excluding hydrogens is 416 g/mol. The fourth-order valence-corrected chi connectivity index (χ4v) is 3.47. The van der Waals surface area contributed by atoms with Crippen LogP contribution < -0.4 is 5.56 Å². The predicted octanol–water partition coefficient (Wildman–Crippen LogP) is 4.05. The minimum absolute atomic E-state index is 0.216. The van der Waals surface area contributed by atoms with Gasteiger partial charge in [0.25, 0.3) is 5.56 Å². The zero-order chi connectivity index (χ0) is 17.3. The zero-order valence-corrected chi connectivity index (χ0v) is 15.2. The lowest BCUT2D eigenvalue weighted by atomic mass is 10.3. The Morgan fingerprint density at radius 1 is 1.25 bits per heavy atom. The van der Waals surface area contributed by atoms with Crippen molar-refractivity contribution in [3.63, 3.8) is 0 Å². The summed E-state index contributed by atoms with van der Waals surface area (Å²) in [6.07, 6.45) is 0. The summed E-state index contributed by atoms with van der Waals surface area (Å²) in [4.78, 5) is 29.0. The maximum atomic E-state index is 12.7. The van der Waals surface area contributed by atoms with Gasteiger partial charge in [-0.15, -0.1) is 0 Å². The molecular formula is C16H10BrClN2O3S. The van der Waals surface area contributed by atoms with Gasteiger partial charge >= 0.3 is 5.97 Å². The molecule has 1 heterocycles. The molecule has 122 valence electrons. The molecule has 0 unspecified atom stereocenters. The molecule has 3 aromatic rings. The molecule has 1 aromatic heterocycles. The van der Waals surface area contributed by atoms with E-state index in [-0.39, 0.29) is 5.03 Å². The molecule has 0 aliphatic carbocycles. The lowest BCUT2D eigenvalue weighted by Crippen LogP contribution is -2.26. The van der Waals surface area contributed by atoms with Crippen LogP contribution in [0, 0.1) is 0 Å². The predicted molar refractivity (Wildman–Crippen MR) is 96.9 cm³/mol. The highest BCUT2D eigenvalue weighted by Gasteiger charge is 2.14. The molecule has 5 nitrogen and oxygen atoms in total. The third kappa shape index (κ3) is 3.63. The summed E-state index contributed by atoms with van der Waals surface area (Å²) in [7, 11) is 0. The van der Waals surface area contributed by atoms with Crippen LogP contribution in [0.4, 0.5) is 0 Å². The zero-order valence-electron chi connectivity index (χ0n) is 12.1. The fraction of sp³-hybridized carbons (Fsp3) is 0.0625. The number of hydrogen-bond donors (Lipinski definition) is 1. The van der Waals surface area contributed by atoms with Crippen molar-refractivity contribution in [1.82, 2.24) is 9.55 Å². The van der Waals surface area contributed by atoms with Crippen molar-refractivity contribution < 1.29 is 9.90 Å². The van der Waals surface area contributed by atoms with E-state index in [2.05, 4.69) is 20.9 Å². The second kappa shape index (κ2) is 6.96. The molecule has 0 amide bonds. The van der Waals surface area contributed by atoms with Crippen LogP contribution in [0.2, 0.25) is 5.02 Å². The third-order valence-electron chi connectivity index (χ3n) is 3.20. The summed E-state index contributed by atoms with van der Waals surface area (Å²) < 4.78 is 1.96. The Morgan fingerprint density at radius 2 is 1.96 bits per heavy atom. The number of aliphatic carboxylic acids is 1. The second-order valence-corrected chi connectivity index (χ2v) is 7.31. The maximum absolute atomic E-state index is 12.7. The molecule has 24 heavy (non-hydrogen) atoms. The van der Waals surface area contributed by atoms with E-state index < -0.39 is 18.1 Å². The second-order valence-electron chi connectivity index (χ2n) is 4.89. The Kier molecular flexibility index (Phi) is 4.93. The Balaban J connectivity index is 2.16. The summed E-state index contributed by atoms with van der Waals surface area (Å²) in [6.45, 7) is -0.428. The minimum Gasteiger partial charge on any atom is -0.480 e. The molecule has 3 rings (SSSR count). The van der Waals surface area contributed by atoms with Crippen molar-refractivity contribution in [2.45, 2.75) is 16.5 Å². The van der Waals surface area contributed by atoms with Gasteiger partial charge in [0, 0.05) is 14.4 Å². The SMILES string of the molecule is O=C(O)Cn1c(=O)c(Sc2ccc(Cl)cc2)nc2ccc(Br)cc21. The van der Waals surface area contributed by atoms with E-state index in [0.717, 1.165) is 9.37 Å². The van der Waals surface area contributed by atoms with Gasteiger partial charge in [-0.2, -0.15) is 0 Å². The molecule has 1 N–H and O–H groups in total. The number of nitrogens with zero attached hydrogens (tertiary/aromatic N) is 2. The Hall–Kier alpha value is -1.83. The number of hydrogen-bond acceptors (Lipinski definition) is 4. The van der Waals surface area contributed by atoms with Crippen LogP contribution in [-0.4, -0.2) is 20.6 Å². The molecule has 0 saturated carbocycles. The van der Waals surface area contributed by atoms with Gasteiger partial charge in [-0.05, 0) is 42.5 Å². The molecule has 0 fully saturated rings. The highest BCUT2D eigenvalue weighted by atomic mass is 79.9. The van der Waals surface area contributed by atoms with E-state index in [0.29, 0.717) is 16.1 Å². The average molecular weight is 426 g/mol. The number of carbonyl (C=O) groups is 1. The Bertz CT molecular complexity index is 989. The number of rotatable bonds is 4. The molecule has 8 heteroatoms. The first-order chi connectivity index (χ1) is 11.4. The number of aromatic nitrogens is 2. The van der Waals surface area contributed by atoms with Crippen LogP contribution in [0.25, 0.3) is 11.0 Å². The summed E-state index contributed by atoms with van der Waals surface area (Å²) in [6, 6.07) is 12.2. The van der Waals surface area contributed by atoms with Crippen LogP contribution in [0.1, 0.15) is 0 Å². The number of benzene rings is 2. The van der Waals surface area contributed by atoms with Crippen LogP contribution in [0.5, 0.6) is 0 Å². The fourth-order valence-electron chi connectivity index (χ4n) is 2.16. The first-order valence-electron chi connectivity index (χ1n) is 6.79. The molecule has 0 aliphatic heterocycles. The normalized spacial score (nSPS) is 10.9. The quantitative estimate of drug-likeness (QED) is 0.683. The van der Waals surface area contributed by atoms with Crippen molar-refractivity contribution >= 4 is 56.3 Å². The van der Waals surface area contributed by atoms with E-state index in [1.54, 1.807) is 42.5 Å². The molecule has 0 bridgehead atoms. The number of fused-ring (bicyclic) bond motifs is 1. The summed E-state index contributed by atoms with van der Waals surface area (Å²) >= 11 is 10.4. The van der Waals surface area contributed by atoms with Gasteiger partial charge in [0.05, 0.1) is 11.0 Å². The van der Waals surface area contributed by atoms with Gasteiger partial charge in [0.1, 0.15) is 6.54 Å². The minimum atomic E-state index is -1.09. The molecule has 0 aliphatic rings. The van der Waals surface area contributed by atoms with Gasteiger partial charge in [-0.25, -0.2) is 4.98 Å². The van der Waals surface area contributed by atoms with Crippen molar-refractivity contribution in [2.75, 3.05) is 0 Å². The molecule has 0 atom stereocenters. The Morgan fingerprint density at radius 3 is 2.62 bits per heavy atom. The summed E-state index contributed by atoms with van der Waals surface area (Å²) in [5.41, 5.74) is 0.579. The molecule has 2 aromatic carbocycles. The van der Waals surface area contributed by atoms with Gasteiger partial charge < -0.3 is 5.11 Å². The van der Waals surface area contributed by atoms with Gasteiger partial charge in [0.15, 0.2) is 5.03 Å². The van der Waals surface area contributed by atoms with Crippen LogP contribution in [-0.2, 0) is 11.3 Å². The highest BCUT2D eigenvalue weighted by molar-refractivity contribution is 9.10. The third-order valence-corrected chi connectivity index (χ3v) is 4.91. The van der Waals surface area contributed by atoms with Gasteiger partial charge in [-0.1, -0.05) is 39.3 Å². The number of carboxylic acid groups (broad SMARTS) is 1. The van der Waals surface area contributed by atoms with Crippen LogP contribution >= 0.6 is 39.3 Å². The van der Waals surface area contributed by atoms with Gasteiger partial charge in [0.2, 0.25) is 0 Å². The van der Waals surface area contributed by atoms with E-state index in [9.17, 15) is 9.59 Å². The smallest absolute Gasteiger partial charge is 0.323 e. The summed E-state index contributed by atoms with van der Waals surface area (Å²) in [5, 5.41) is 9.93. The van der Waals surface area contributed by atoms with E-state index in [4.69, 9.17) is 16.7 Å². The largest absolute Gasteiger partial charge is 0.480 e. The number of carboxylic acids is 1. The number of halogens is 2. The average Bonchev–Trinajstić information content (AvgIpc) is 2.54. The first-order valence-corrected chi connectivity index (χ1v) is 8.78. The topological polar surface area (TPSA) is 72.2 Å². The first kappa shape index (κ1) is 17.0. The van der Waals surface area contributed by atoms with Crippen molar-refractivity contribution in [2.24, 2.45) is 0 Å². The lowest BCUT2D eigenvalue weighted by Gasteiger charge is -2.10. The molecule has 0 spiro atoms. The molecule has 0 radical (unpaired) electrons. The maximum Gasteiger partial charge on any atom is 0.323 e. The van der Waals surface area contributed by atoms with E-state index >= 15 is 0 Å². The lowest BCUT2D eigenvalue weighted by molar-refractivity contribution is -0.137. The standard InChI is InChI=1S/C16H10BrClN2O3S/c17-9-1-6-12-13(7-9)20(8-14(21)22)16(23)15(19-12)24-11-4-2-10(18)3-5-11/h1-7H,8H2,(H,21,22). The highest BCUT2D eigenvalue weighted by Crippen LogP contribution is 2.27. The van der Waals surface area contributed by atoms with Gasteiger partial charge in [-0.3, -0.25) is 14.2 Å². The summed E-state index contributed by atoms with van der Waals surface area (Å²) in [5.74, 6) is -1.09. The van der Waals surface area contributed by atoms with E-state index in [1.165, 1.54) is 16.3 Å². The van der Waals surface area contributed by atoms with Crippen LogP contribution in [0.3, 0.4) is 0 Å². The Labute approximate surface area is 154 Å². The molecule has 0 saturated heterocycles. The van der Waals surface area contributed by atoms with Crippen molar-refractivity contribution in [3.05, 3.63) is 62.3 Å². The monoisotopic (exact) mass is 424 g/mol. The van der Waals surface area contributed by atoms with E-state index in [1.807, 2.05) is 0 Å². The van der Waals surface area contributed by atoms with Crippen molar-refractivity contribution in [1.29, 1.82) is 0 Å².